The first kappa shape index (κ1) is 8.58. The van der Waals surface area contributed by atoms with Gasteiger partial charge in [-0.05, 0) is 13.8 Å². The average Bonchev–Trinajstić information content (AvgIpc) is 2.36. The van der Waals surface area contributed by atoms with Crippen LogP contribution in [0.4, 0.5) is 0 Å². The van der Waals surface area contributed by atoms with Gasteiger partial charge in [0.05, 0.1) is 12.1 Å². The van der Waals surface area contributed by atoms with Crippen molar-refractivity contribution in [1.29, 1.82) is 0 Å². The second-order valence-electron chi connectivity index (χ2n) is 2.70. The number of hydrogen-bond acceptors (Lipinski definition) is 5. The predicted molar refractivity (Wildman–Crippen MR) is 43.3 cm³/mol. The van der Waals surface area contributed by atoms with Crippen LogP contribution < -0.4 is 5.73 Å². The minimum absolute atomic E-state index is 0.109. The molecule has 0 aromatic carbocycles. The summed E-state index contributed by atoms with van der Waals surface area (Å²) in [5.74, 6) is 0. The van der Waals surface area contributed by atoms with Crippen LogP contribution in [0.15, 0.2) is 0 Å². The average molecular weight is 173 g/mol. The van der Waals surface area contributed by atoms with Crippen molar-refractivity contribution in [1.82, 2.24) is 10.2 Å². The van der Waals surface area contributed by atoms with Crippen molar-refractivity contribution in [2.75, 3.05) is 6.61 Å². The molecule has 0 unspecified atom stereocenters. The molecule has 62 valence electrons. The van der Waals surface area contributed by atoms with Gasteiger partial charge in [0.1, 0.15) is 10.0 Å². The number of aliphatic hydroxyl groups excluding tert-OH is 1. The second-order valence-corrected chi connectivity index (χ2v) is 3.88. The highest BCUT2D eigenvalue weighted by Crippen LogP contribution is 2.20. The van der Waals surface area contributed by atoms with E-state index in [4.69, 9.17) is 10.8 Å². The Morgan fingerprint density at radius 3 is 2.64 bits per heavy atom. The van der Waals surface area contributed by atoms with Crippen molar-refractivity contribution < 1.29 is 5.11 Å². The molecular weight excluding hydrogens is 162 g/mol. The first-order valence-corrected chi connectivity index (χ1v) is 4.08. The monoisotopic (exact) mass is 173 g/mol. The Labute approximate surface area is 69.1 Å². The Kier molecular flexibility index (Phi) is 2.22. The molecule has 0 aliphatic rings. The number of nitrogens with two attached hydrogens (primary N) is 1. The lowest BCUT2D eigenvalue weighted by Crippen LogP contribution is -2.36. The third-order valence-electron chi connectivity index (χ3n) is 1.34. The van der Waals surface area contributed by atoms with Gasteiger partial charge in [-0.25, -0.2) is 0 Å². The fourth-order valence-corrected chi connectivity index (χ4v) is 1.34. The van der Waals surface area contributed by atoms with Gasteiger partial charge in [0.2, 0.25) is 0 Å². The van der Waals surface area contributed by atoms with Gasteiger partial charge in [-0.3, -0.25) is 0 Å². The predicted octanol–water partition coefficient (Wildman–Crippen LogP) is 0.0127. The van der Waals surface area contributed by atoms with E-state index < -0.39 is 5.54 Å². The Hall–Kier alpha value is -0.520. The molecule has 0 fully saturated rings. The van der Waals surface area contributed by atoms with E-state index in [0.717, 1.165) is 5.01 Å². The zero-order valence-electron chi connectivity index (χ0n) is 6.53. The Morgan fingerprint density at radius 2 is 2.27 bits per heavy atom. The third-order valence-corrected chi connectivity index (χ3v) is 2.46. The summed E-state index contributed by atoms with van der Waals surface area (Å²) in [6.45, 7) is 3.48. The number of rotatable bonds is 2. The van der Waals surface area contributed by atoms with Crippen molar-refractivity contribution >= 4 is 11.3 Å². The molecule has 5 heteroatoms. The van der Waals surface area contributed by atoms with E-state index in [1.165, 1.54) is 11.3 Å². The maximum atomic E-state index is 8.87. The highest BCUT2D eigenvalue weighted by molar-refractivity contribution is 7.11. The normalized spacial score (nSPS) is 16.4. The van der Waals surface area contributed by atoms with Crippen LogP contribution in [0, 0.1) is 6.92 Å². The van der Waals surface area contributed by atoms with Crippen molar-refractivity contribution in [3.63, 3.8) is 0 Å². The zero-order chi connectivity index (χ0) is 8.48. The minimum atomic E-state index is -0.744. The van der Waals surface area contributed by atoms with E-state index in [1.807, 2.05) is 6.92 Å². The minimum Gasteiger partial charge on any atom is -0.394 e. The lowest BCUT2D eigenvalue weighted by Gasteiger charge is -2.16. The summed E-state index contributed by atoms with van der Waals surface area (Å²) in [5, 5.41) is 18.1. The molecule has 0 bridgehead atoms. The maximum absolute atomic E-state index is 8.87. The van der Waals surface area contributed by atoms with Crippen LogP contribution in [0.25, 0.3) is 0 Å². The summed E-state index contributed by atoms with van der Waals surface area (Å²) in [4.78, 5) is 0. The third kappa shape index (κ3) is 1.74. The SMILES string of the molecule is Cc1nnc([C@@](C)(N)CO)s1. The van der Waals surface area contributed by atoms with E-state index in [1.54, 1.807) is 6.92 Å². The second kappa shape index (κ2) is 2.84. The number of nitrogens with zero attached hydrogens (tertiary/aromatic N) is 2. The topological polar surface area (TPSA) is 72.0 Å². The van der Waals surface area contributed by atoms with E-state index >= 15 is 0 Å². The molecule has 0 spiro atoms. The zero-order valence-corrected chi connectivity index (χ0v) is 7.35. The van der Waals surface area contributed by atoms with Crippen molar-refractivity contribution in [3.05, 3.63) is 10.0 Å². The molecule has 4 nitrogen and oxygen atoms in total. The summed E-state index contributed by atoms with van der Waals surface area (Å²) in [6, 6.07) is 0. The van der Waals surface area contributed by atoms with E-state index in [2.05, 4.69) is 10.2 Å². The van der Waals surface area contributed by atoms with Crippen molar-refractivity contribution in [3.8, 4) is 0 Å². The summed E-state index contributed by atoms with van der Waals surface area (Å²) in [7, 11) is 0. The summed E-state index contributed by atoms with van der Waals surface area (Å²) in [5.41, 5.74) is 4.96. The largest absolute Gasteiger partial charge is 0.394 e. The highest BCUT2D eigenvalue weighted by Gasteiger charge is 2.24. The smallest absolute Gasteiger partial charge is 0.139 e. The van der Waals surface area contributed by atoms with Crippen LogP contribution in [0.1, 0.15) is 16.9 Å². The summed E-state index contributed by atoms with van der Waals surface area (Å²) < 4.78 is 0. The van der Waals surface area contributed by atoms with Gasteiger partial charge in [-0.1, -0.05) is 11.3 Å². The molecule has 0 radical (unpaired) electrons. The van der Waals surface area contributed by atoms with Gasteiger partial charge < -0.3 is 10.8 Å². The summed E-state index contributed by atoms with van der Waals surface area (Å²) >= 11 is 1.41. The highest BCUT2D eigenvalue weighted by atomic mass is 32.1. The fourth-order valence-electron chi connectivity index (χ4n) is 0.595. The molecule has 0 aliphatic heterocycles. The van der Waals surface area contributed by atoms with Crippen LogP contribution >= 0.6 is 11.3 Å². The van der Waals surface area contributed by atoms with Gasteiger partial charge in [0.15, 0.2) is 0 Å². The number of aryl methyl sites for hydroxylation is 1. The molecule has 0 amide bonds. The van der Waals surface area contributed by atoms with Crippen LogP contribution in [-0.4, -0.2) is 21.9 Å². The lowest BCUT2D eigenvalue weighted by molar-refractivity contribution is 0.209. The molecule has 11 heavy (non-hydrogen) atoms. The van der Waals surface area contributed by atoms with Gasteiger partial charge in [-0.15, -0.1) is 10.2 Å². The van der Waals surface area contributed by atoms with Gasteiger partial charge in [0, 0.05) is 0 Å². The molecule has 0 saturated heterocycles. The van der Waals surface area contributed by atoms with Crippen molar-refractivity contribution in [2.24, 2.45) is 5.73 Å². The van der Waals surface area contributed by atoms with Crippen LogP contribution in [0.5, 0.6) is 0 Å². The molecule has 1 aromatic heterocycles. The molecule has 1 rings (SSSR count). The molecule has 1 atom stereocenters. The van der Waals surface area contributed by atoms with E-state index in [-0.39, 0.29) is 6.61 Å². The molecule has 0 saturated carbocycles. The summed E-state index contributed by atoms with van der Waals surface area (Å²) in [6.07, 6.45) is 0. The van der Waals surface area contributed by atoms with Gasteiger partial charge in [-0.2, -0.15) is 0 Å². The Bertz CT molecular complexity index is 246. The fraction of sp³-hybridized carbons (Fsp3) is 0.667. The van der Waals surface area contributed by atoms with E-state index in [9.17, 15) is 0 Å². The molecular formula is C6H11N3OS. The Morgan fingerprint density at radius 1 is 1.64 bits per heavy atom. The van der Waals surface area contributed by atoms with Crippen molar-refractivity contribution in [2.45, 2.75) is 19.4 Å². The van der Waals surface area contributed by atoms with Crippen LogP contribution in [-0.2, 0) is 5.54 Å². The first-order chi connectivity index (χ1) is 5.06. The van der Waals surface area contributed by atoms with Crippen LogP contribution in [0.2, 0.25) is 0 Å². The Balaban J connectivity index is 2.92. The lowest BCUT2D eigenvalue weighted by atomic mass is 10.1. The molecule has 1 aromatic rings. The van der Waals surface area contributed by atoms with E-state index in [0.29, 0.717) is 5.01 Å². The maximum Gasteiger partial charge on any atom is 0.139 e. The molecule has 0 aliphatic carbocycles. The van der Waals surface area contributed by atoms with Crippen LogP contribution in [0.3, 0.4) is 0 Å². The van der Waals surface area contributed by atoms with Gasteiger partial charge in [0.25, 0.3) is 0 Å². The first-order valence-electron chi connectivity index (χ1n) is 3.26. The number of aromatic nitrogens is 2. The standard InChI is InChI=1S/C6H11N3OS/c1-4-8-9-5(11-4)6(2,7)3-10/h10H,3,7H2,1-2H3/t6-/m0/s1. The quantitative estimate of drug-likeness (QED) is 0.661. The number of aliphatic hydroxyl groups is 1. The van der Waals surface area contributed by atoms with Gasteiger partial charge >= 0.3 is 0 Å². The molecule has 1 heterocycles. The molecule has 3 N–H and O–H groups in total. The number of hydrogen-bond donors (Lipinski definition) is 2.